The third kappa shape index (κ3) is 5.21. The van der Waals surface area contributed by atoms with Gasteiger partial charge in [-0.25, -0.2) is 0 Å². The van der Waals surface area contributed by atoms with Crippen LogP contribution in [0.4, 0.5) is 18.9 Å². The second-order valence-electron chi connectivity index (χ2n) is 5.14. The van der Waals surface area contributed by atoms with E-state index in [-0.39, 0.29) is 11.8 Å². The minimum atomic E-state index is -4.32. The molecule has 6 heteroatoms. The Hall–Kier alpha value is -1.27. The molecule has 1 aromatic carbocycles. The van der Waals surface area contributed by atoms with Crippen molar-refractivity contribution in [3.05, 3.63) is 29.8 Å². The van der Waals surface area contributed by atoms with Crippen molar-refractivity contribution in [3.63, 3.8) is 0 Å². The number of halogens is 3. The van der Waals surface area contributed by atoms with E-state index in [9.17, 15) is 13.2 Å². The smallest absolute Gasteiger partial charge is 0.384 e. The van der Waals surface area contributed by atoms with E-state index in [1.54, 1.807) is 6.07 Å². The fraction of sp³-hybridized carbons (Fsp3) is 0.600. The Kier molecular flexibility index (Phi) is 5.87. The topological polar surface area (TPSA) is 33.3 Å². The van der Waals surface area contributed by atoms with Gasteiger partial charge in [-0.1, -0.05) is 12.1 Å². The quantitative estimate of drug-likeness (QED) is 0.791. The predicted molar refractivity (Wildman–Crippen MR) is 76.4 cm³/mol. The lowest BCUT2D eigenvalue weighted by Gasteiger charge is -2.23. The second kappa shape index (κ2) is 7.66. The first-order valence-corrected chi connectivity index (χ1v) is 7.30. The maximum Gasteiger partial charge on any atom is 0.418 e. The molecule has 0 aliphatic carbocycles. The molecule has 1 saturated heterocycles. The zero-order valence-electron chi connectivity index (χ0n) is 11.9. The Morgan fingerprint density at radius 1 is 1.19 bits per heavy atom. The van der Waals surface area contributed by atoms with Gasteiger partial charge in [-0.15, -0.1) is 0 Å². The first-order valence-electron chi connectivity index (χ1n) is 7.30. The molecule has 1 aromatic rings. The molecular weight excluding hydrogens is 281 g/mol. The fourth-order valence-corrected chi connectivity index (χ4v) is 2.39. The van der Waals surface area contributed by atoms with Crippen molar-refractivity contribution < 1.29 is 17.9 Å². The standard InChI is InChI=1S/C15H21F3N2O/c16-15(17,18)13-4-1-2-5-14(13)20-8-3-11-21-12-6-9-19-10-7-12/h1-2,4-5,12,19-20H,3,6-11H2. The third-order valence-corrected chi connectivity index (χ3v) is 3.51. The van der Waals surface area contributed by atoms with Crippen LogP contribution in [-0.2, 0) is 10.9 Å². The van der Waals surface area contributed by atoms with Crippen LogP contribution in [0.5, 0.6) is 0 Å². The molecule has 1 fully saturated rings. The van der Waals surface area contributed by atoms with Crippen LogP contribution in [0, 0.1) is 0 Å². The molecule has 0 spiro atoms. The van der Waals surface area contributed by atoms with E-state index >= 15 is 0 Å². The number of ether oxygens (including phenoxy) is 1. The summed E-state index contributed by atoms with van der Waals surface area (Å²) in [4.78, 5) is 0. The minimum absolute atomic E-state index is 0.131. The van der Waals surface area contributed by atoms with Crippen molar-refractivity contribution >= 4 is 5.69 Å². The number of benzene rings is 1. The molecule has 2 rings (SSSR count). The van der Waals surface area contributed by atoms with Crippen LogP contribution in [0.15, 0.2) is 24.3 Å². The van der Waals surface area contributed by atoms with Gasteiger partial charge < -0.3 is 15.4 Å². The Bertz CT molecular complexity index is 431. The summed E-state index contributed by atoms with van der Waals surface area (Å²) in [5.74, 6) is 0. The van der Waals surface area contributed by atoms with Gasteiger partial charge in [0.15, 0.2) is 0 Å². The summed E-state index contributed by atoms with van der Waals surface area (Å²) in [7, 11) is 0. The van der Waals surface area contributed by atoms with Crippen LogP contribution >= 0.6 is 0 Å². The minimum Gasteiger partial charge on any atom is -0.384 e. The number of anilines is 1. The van der Waals surface area contributed by atoms with Crippen LogP contribution in [0.3, 0.4) is 0 Å². The van der Waals surface area contributed by atoms with Crippen LogP contribution in [0.25, 0.3) is 0 Å². The molecule has 0 radical (unpaired) electrons. The van der Waals surface area contributed by atoms with Crippen LogP contribution < -0.4 is 10.6 Å². The summed E-state index contributed by atoms with van der Waals surface area (Å²) in [6.07, 6.45) is -1.34. The van der Waals surface area contributed by atoms with E-state index in [0.29, 0.717) is 19.6 Å². The first kappa shape index (κ1) is 16.1. The molecule has 0 unspecified atom stereocenters. The largest absolute Gasteiger partial charge is 0.418 e. The predicted octanol–water partition coefficient (Wildman–Crippen LogP) is 3.28. The van der Waals surface area contributed by atoms with Crippen molar-refractivity contribution in [1.29, 1.82) is 0 Å². The summed E-state index contributed by atoms with van der Waals surface area (Å²) in [6.45, 7) is 2.99. The summed E-state index contributed by atoms with van der Waals surface area (Å²) in [6, 6.07) is 5.54. The first-order chi connectivity index (χ1) is 10.1. The maximum absolute atomic E-state index is 12.8. The van der Waals surface area contributed by atoms with E-state index in [1.165, 1.54) is 12.1 Å². The molecule has 1 heterocycles. The van der Waals surface area contributed by atoms with E-state index in [1.807, 2.05) is 0 Å². The fourth-order valence-electron chi connectivity index (χ4n) is 2.39. The number of alkyl halides is 3. The van der Waals surface area contributed by atoms with E-state index in [4.69, 9.17) is 4.74 Å². The van der Waals surface area contributed by atoms with Gasteiger partial charge in [-0.05, 0) is 44.5 Å². The molecule has 0 amide bonds. The third-order valence-electron chi connectivity index (χ3n) is 3.51. The lowest BCUT2D eigenvalue weighted by Crippen LogP contribution is -2.32. The highest BCUT2D eigenvalue weighted by atomic mass is 19.4. The molecule has 2 N–H and O–H groups in total. The van der Waals surface area contributed by atoms with Crippen LogP contribution in [-0.4, -0.2) is 32.3 Å². The monoisotopic (exact) mass is 302 g/mol. The van der Waals surface area contributed by atoms with Crippen molar-refractivity contribution in [2.45, 2.75) is 31.5 Å². The van der Waals surface area contributed by atoms with Crippen LogP contribution in [0.2, 0.25) is 0 Å². The number of piperidine rings is 1. The molecule has 0 aromatic heterocycles. The van der Waals surface area contributed by atoms with Gasteiger partial charge in [0, 0.05) is 18.8 Å². The average molecular weight is 302 g/mol. The number of nitrogens with one attached hydrogen (secondary N) is 2. The zero-order valence-corrected chi connectivity index (χ0v) is 11.9. The lowest BCUT2D eigenvalue weighted by molar-refractivity contribution is -0.136. The second-order valence-corrected chi connectivity index (χ2v) is 5.14. The molecule has 0 atom stereocenters. The molecule has 0 bridgehead atoms. The zero-order chi connectivity index (χ0) is 15.1. The molecule has 1 aliphatic rings. The van der Waals surface area contributed by atoms with Crippen molar-refractivity contribution in [3.8, 4) is 0 Å². The maximum atomic E-state index is 12.8. The number of hydrogen-bond donors (Lipinski definition) is 2. The highest BCUT2D eigenvalue weighted by molar-refractivity contribution is 5.52. The molecular formula is C15H21F3N2O. The Labute approximate surface area is 122 Å². The van der Waals surface area contributed by atoms with Crippen molar-refractivity contribution in [2.75, 3.05) is 31.6 Å². The number of hydrogen-bond acceptors (Lipinski definition) is 3. The SMILES string of the molecule is FC(F)(F)c1ccccc1NCCCOC1CCNCC1. The van der Waals surface area contributed by atoms with Gasteiger partial charge in [0.25, 0.3) is 0 Å². The van der Waals surface area contributed by atoms with Crippen molar-refractivity contribution in [1.82, 2.24) is 5.32 Å². The summed E-state index contributed by atoms with van der Waals surface area (Å²) >= 11 is 0. The van der Waals surface area contributed by atoms with Gasteiger partial charge in [0.2, 0.25) is 0 Å². The molecule has 21 heavy (non-hydrogen) atoms. The number of rotatable bonds is 6. The molecule has 0 saturated carbocycles. The Balaban J connectivity index is 1.71. The number of para-hydroxylation sites is 1. The van der Waals surface area contributed by atoms with Crippen LogP contribution in [0.1, 0.15) is 24.8 Å². The summed E-state index contributed by atoms with van der Waals surface area (Å²) < 4.78 is 44.1. The van der Waals surface area contributed by atoms with Gasteiger partial charge in [0.05, 0.1) is 11.7 Å². The highest BCUT2D eigenvalue weighted by Crippen LogP contribution is 2.34. The van der Waals surface area contributed by atoms with E-state index in [0.717, 1.165) is 32.0 Å². The Morgan fingerprint density at radius 3 is 2.62 bits per heavy atom. The van der Waals surface area contributed by atoms with E-state index < -0.39 is 11.7 Å². The Morgan fingerprint density at radius 2 is 1.90 bits per heavy atom. The summed E-state index contributed by atoms with van der Waals surface area (Å²) in [5, 5.41) is 6.10. The van der Waals surface area contributed by atoms with Gasteiger partial charge >= 0.3 is 6.18 Å². The normalized spacial score (nSPS) is 16.9. The van der Waals surface area contributed by atoms with Gasteiger partial charge in [-0.3, -0.25) is 0 Å². The highest BCUT2D eigenvalue weighted by Gasteiger charge is 2.32. The van der Waals surface area contributed by atoms with Crippen molar-refractivity contribution in [2.24, 2.45) is 0 Å². The molecule has 3 nitrogen and oxygen atoms in total. The lowest BCUT2D eigenvalue weighted by atomic mass is 10.1. The van der Waals surface area contributed by atoms with Gasteiger partial charge in [-0.2, -0.15) is 13.2 Å². The average Bonchev–Trinajstić information content (AvgIpc) is 2.47. The van der Waals surface area contributed by atoms with E-state index in [2.05, 4.69) is 10.6 Å². The summed E-state index contributed by atoms with van der Waals surface area (Å²) in [5.41, 5.74) is -0.490. The van der Waals surface area contributed by atoms with Gasteiger partial charge in [0.1, 0.15) is 0 Å². The molecule has 1 aliphatic heterocycles. The molecule has 118 valence electrons.